The Balaban J connectivity index is 2.02. The van der Waals surface area contributed by atoms with Crippen molar-refractivity contribution in [1.82, 2.24) is 4.90 Å². The number of carbonyl (C=O) groups excluding carboxylic acids is 2. The highest BCUT2D eigenvalue weighted by Gasteiger charge is 2.30. The molecular weight excluding hydrogens is 262 g/mol. The van der Waals surface area contributed by atoms with E-state index >= 15 is 0 Å². The van der Waals surface area contributed by atoms with Gasteiger partial charge >= 0.3 is 0 Å². The molecule has 1 fully saturated rings. The first-order chi connectivity index (χ1) is 10.2. The quantitative estimate of drug-likeness (QED) is 0.527. The van der Waals surface area contributed by atoms with Gasteiger partial charge in [0.1, 0.15) is 0 Å². The second-order valence-corrected chi connectivity index (χ2v) is 6.43. The van der Waals surface area contributed by atoms with Crippen LogP contribution in [0.4, 0.5) is 0 Å². The molecule has 0 spiro atoms. The Morgan fingerprint density at radius 1 is 0.952 bits per heavy atom. The fourth-order valence-electron chi connectivity index (χ4n) is 3.22. The molecule has 1 amide bonds. The number of amides is 1. The Hall–Kier alpha value is -0.860. The zero-order valence-electron chi connectivity index (χ0n) is 14.0. The van der Waals surface area contributed by atoms with E-state index in [2.05, 4.69) is 6.92 Å². The molecule has 3 nitrogen and oxygen atoms in total. The zero-order valence-corrected chi connectivity index (χ0v) is 14.0. The fraction of sp³-hybridized carbons (Fsp3) is 0.889. The smallest absolute Gasteiger partial charge is 0.223 e. The molecule has 0 aliphatic carbocycles. The van der Waals surface area contributed by atoms with Gasteiger partial charge in [-0.1, -0.05) is 58.3 Å². The summed E-state index contributed by atoms with van der Waals surface area (Å²) in [4.78, 5) is 25.4. The molecule has 0 saturated carbocycles. The lowest BCUT2D eigenvalue weighted by atomic mass is 10.1. The lowest BCUT2D eigenvalue weighted by molar-refractivity contribution is -0.137. The maximum absolute atomic E-state index is 12.1. The molecule has 1 heterocycles. The third-order valence-corrected chi connectivity index (χ3v) is 4.54. The number of rotatable bonds is 11. The topological polar surface area (TPSA) is 37.4 Å². The predicted octanol–water partition coefficient (Wildman–Crippen LogP) is 4.49. The summed E-state index contributed by atoms with van der Waals surface area (Å²) in [6.07, 6.45) is 13.9. The molecule has 122 valence electrons. The lowest BCUT2D eigenvalue weighted by Gasteiger charge is -2.22. The SMILES string of the molecule is CCCCCCCCCCCC(=O)N1CCCC1C(C)=O. The highest BCUT2D eigenvalue weighted by molar-refractivity contribution is 5.88. The summed E-state index contributed by atoms with van der Waals surface area (Å²) in [6.45, 7) is 4.63. The van der Waals surface area contributed by atoms with Crippen molar-refractivity contribution >= 4 is 11.7 Å². The molecule has 21 heavy (non-hydrogen) atoms. The molecule has 0 bridgehead atoms. The number of likely N-dealkylation sites (tertiary alicyclic amines) is 1. The van der Waals surface area contributed by atoms with E-state index in [1.807, 2.05) is 4.90 Å². The van der Waals surface area contributed by atoms with E-state index in [-0.39, 0.29) is 17.7 Å². The van der Waals surface area contributed by atoms with Crippen molar-refractivity contribution in [3.8, 4) is 0 Å². The molecular formula is C18H33NO2. The third-order valence-electron chi connectivity index (χ3n) is 4.54. The Kier molecular flexibility index (Phi) is 9.36. The summed E-state index contributed by atoms with van der Waals surface area (Å²) in [5, 5.41) is 0. The van der Waals surface area contributed by atoms with E-state index < -0.39 is 0 Å². The first-order valence-electron chi connectivity index (χ1n) is 8.96. The molecule has 0 aromatic rings. The van der Waals surface area contributed by atoms with Crippen molar-refractivity contribution in [2.45, 2.75) is 96.9 Å². The van der Waals surface area contributed by atoms with Crippen LogP contribution in [-0.4, -0.2) is 29.2 Å². The minimum atomic E-state index is -0.129. The van der Waals surface area contributed by atoms with Crippen LogP contribution in [0.5, 0.6) is 0 Å². The van der Waals surface area contributed by atoms with Crippen LogP contribution in [0, 0.1) is 0 Å². The Bertz CT molecular complexity index is 314. The monoisotopic (exact) mass is 295 g/mol. The normalized spacial score (nSPS) is 18.2. The molecule has 0 radical (unpaired) electrons. The van der Waals surface area contributed by atoms with Crippen LogP contribution in [0.15, 0.2) is 0 Å². The molecule has 1 aliphatic rings. The highest BCUT2D eigenvalue weighted by atomic mass is 16.2. The Morgan fingerprint density at radius 3 is 2.10 bits per heavy atom. The van der Waals surface area contributed by atoms with Crippen LogP contribution < -0.4 is 0 Å². The number of ketones is 1. The first kappa shape index (κ1) is 18.2. The maximum Gasteiger partial charge on any atom is 0.223 e. The van der Waals surface area contributed by atoms with E-state index in [0.717, 1.165) is 32.2 Å². The van der Waals surface area contributed by atoms with E-state index in [4.69, 9.17) is 0 Å². The van der Waals surface area contributed by atoms with Crippen LogP contribution in [0.3, 0.4) is 0 Å². The number of nitrogens with zero attached hydrogens (tertiary/aromatic N) is 1. The van der Waals surface area contributed by atoms with Crippen molar-refractivity contribution in [3.63, 3.8) is 0 Å². The maximum atomic E-state index is 12.1. The first-order valence-corrected chi connectivity index (χ1v) is 8.96. The third kappa shape index (κ3) is 7.10. The standard InChI is InChI=1S/C18H33NO2/c1-3-4-5-6-7-8-9-10-11-14-18(21)19-15-12-13-17(19)16(2)20/h17H,3-15H2,1-2H3. The fourth-order valence-corrected chi connectivity index (χ4v) is 3.22. The van der Waals surface area contributed by atoms with Crippen molar-refractivity contribution < 1.29 is 9.59 Å². The molecule has 0 N–H and O–H groups in total. The minimum absolute atomic E-state index is 0.129. The molecule has 1 atom stereocenters. The summed E-state index contributed by atoms with van der Waals surface area (Å²) in [5.41, 5.74) is 0. The molecule has 1 unspecified atom stereocenters. The van der Waals surface area contributed by atoms with Gasteiger partial charge in [-0.25, -0.2) is 0 Å². The van der Waals surface area contributed by atoms with Gasteiger partial charge in [0.05, 0.1) is 6.04 Å². The van der Waals surface area contributed by atoms with E-state index in [1.54, 1.807) is 6.92 Å². The average molecular weight is 295 g/mol. The van der Waals surface area contributed by atoms with Crippen molar-refractivity contribution in [2.24, 2.45) is 0 Å². The van der Waals surface area contributed by atoms with Crippen LogP contribution in [-0.2, 0) is 9.59 Å². The summed E-state index contributed by atoms with van der Waals surface area (Å²) >= 11 is 0. The average Bonchev–Trinajstić information content (AvgIpc) is 2.95. The summed E-state index contributed by atoms with van der Waals surface area (Å²) in [6, 6.07) is -0.129. The second-order valence-electron chi connectivity index (χ2n) is 6.43. The van der Waals surface area contributed by atoms with Gasteiger partial charge in [0.25, 0.3) is 0 Å². The van der Waals surface area contributed by atoms with Crippen molar-refractivity contribution in [3.05, 3.63) is 0 Å². The number of hydrogen-bond acceptors (Lipinski definition) is 2. The Morgan fingerprint density at radius 2 is 1.52 bits per heavy atom. The molecule has 1 aliphatic heterocycles. The molecule has 3 heteroatoms. The largest absolute Gasteiger partial charge is 0.333 e. The van der Waals surface area contributed by atoms with Gasteiger partial charge < -0.3 is 4.90 Å². The highest BCUT2D eigenvalue weighted by Crippen LogP contribution is 2.20. The van der Waals surface area contributed by atoms with Crippen LogP contribution in [0.25, 0.3) is 0 Å². The van der Waals surface area contributed by atoms with E-state index in [9.17, 15) is 9.59 Å². The van der Waals surface area contributed by atoms with Crippen molar-refractivity contribution in [2.75, 3.05) is 6.54 Å². The molecule has 0 aromatic carbocycles. The van der Waals surface area contributed by atoms with Gasteiger partial charge in [-0.3, -0.25) is 9.59 Å². The van der Waals surface area contributed by atoms with Gasteiger partial charge in [-0.05, 0) is 26.2 Å². The number of carbonyl (C=O) groups is 2. The molecule has 1 rings (SSSR count). The van der Waals surface area contributed by atoms with E-state index in [0.29, 0.717) is 6.42 Å². The zero-order chi connectivity index (χ0) is 15.5. The second kappa shape index (κ2) is 10.8. The number of hydrogen-bond donors (Lipinski definition) is 0. The van der Waals surface area contributed by atoms with Crippen LogP contribution in [0.2, 0.25) is 0 Å². The van der Waals surface area contributed by atoms with Gasteiger partial charge in [0.2, 0.25) is 5.91 Å². The van der Waals surface area contributed by atoms with Crippen LogP contribution in [0.1, 0.15) is 90.9 Å². The lowest BCUT2D eigenvalue weighted by Crippen LogP contribution is -2.39. The van der Waals surface area contributed by atoms with Gasteiger partial charge in [-0.2, -0.15) is 0 Å². The minimum Gasteiger partial charge on any atom is -0.333 e. The molecule has 0 aromatic heterocycles. The van der Waals surface area contributed by atoms with E-state index in [1.165, 1.54) is 44.9 Å². The van der Waals surface area contributed by atoms with Gasteiger partial charge in [0.15, 0.2) is 5.78 Å². The molecule has 1 saturated heterocycles. The summed E-state index contributed by atoms with van der Waals surface area (Å²) in [5.74, 6) is 0.337. The number of Topliss-reactive ketones (excluding diaryl/α,β-unsaturated/α-hetero) is 1. The van der Waals surface area contributed by atoms with Gasteiger partial charge in [0, 0.05) is 13.0 Å². The summed E-state index contributed by atoms with van der Waals surface area (Å²) in [7, 11) is 0. The number of unbranched alkanes of at least 4 members (excludes halogenated alkanes) is 8. The van der Waals surface area contributed by atoms with Crippen molar-refractivity contribution in [1.29, 1.82) is 0 Å². The Labute approximate surface area is 130 Å². The summed E-state index contributed by atoms with van der Waals surface area (Å²) < 4.78 is 0. The van der Waals surface area contributed by atoms with Crippen LogP contribution >= 0.6 is 0 Å². The van der Waals surface area contributed by atoms with Gasteiger partial charge in [-0.15, -0.1) is 0 Å². The predicted molar refractivity (Wildman–Crippen MR) is 87.3 cm³/mol.